The SMILES string of the molecule is O=C1COc2ccc(cc2)C[C@@H](C(=O)NCC2(C(=O)O)CC2)NC(=O)[C@@H](CCc2ccccc2)NC(=O)[C@H](Cc2ccc(-c3ccccc3)cc2)NC(=O)[C@@H](Cc2cccs2)N1. The Bertz CT molecular complexity index is 2340. The smallest absolute Gasteiger partial charge is 0.311 e. The summed E-state index contributed by atoms with van der Waals surface area (Å²) in [6.07, 6.45) is 1.63. The van der Waals surface area contributed by atoms with Gasteiger partial charge in [0.1, 0.15) is 29.9 Å². The molecule has 1 aromatic heterocycles. The van der Waals surface area contributed by atoms with Crippen molar-refractivity contribution < 1.29 is 38.6 Å². The molecular formula is C48H49N5O8S. The van der Waals surface area contributed by atoms with Crippen molar-refractivity contribution in [2.24, 2.45) is 5.41 Å². The van der Waals surface area contributed by atoms with Crippen LogP contribution in [0.15, 0.2) is 127 Å². The van der Waals surface area contributed by atoms with Crippen molar-refractivity contribution >= 4 is 46.8 Å². The Kier molecular flexibility index (Phi) is 14.1. The van der Waals surface area contributed by atoms with E-state index >= 15 is 0 Å². The molecule has 320 valence electrons. The third-order valence-corrected chi connectivity index (χ3v) is 12.1. The highest BCUT2D eigenvalue weighted by Crippen LogP contribution is 2.45. The normalized spacial score (nSPS) is 20.5. The topological polar surface area (TPSA) is 192 Å². The summed E-state index contributed by atoms with van der Waals surface area (Å²) in [6.45, 7) is -0.501. The minimum Gasteiger partial charge on any atom is -0.484 e. The molecule has 0 saturated heterocycles. The molecule has 5 amide bonds. The standard InChI is InChI=1S/C48H49N5O8S/c54-42-29-61-36-20-15-33(16-21-36)26-39(43(55)49-30-48(23-24-48)47(59)60)52-44(56)38(22-17-31-8-3-1-4-9-31)51-45(57)40(53-46(58)41(50-42)28-37-12-7-25-62-37)27-32-13-18-35(19-14-32)34-10-5-2-6-11-34/h1-16,18-21,25,38-41H,17,22-24,26-30H2,(H,49,55)(H,50,54)(H,51,57)(H,52,56)(H,53,58)(H,59,60)/t38-,39+,40+,41-/m1/s1. The number of aryl methyl sites for hydroxylation is 1. The van der Waals surface area contributed by atoms with Crippen molar-refractivity contribution in [2.75, 3.05) is 13.2 Å². The van der Waals surface area contributed by atoms with Crippen LogP contribution < -0.4 is 31.3 Å². The van der Waals surface area contributed by atoms with Gasteiger partial charge in [-0.1, -0.05) is 103 Å². The van der Waals surface area contributed by atoms with E-state index in [0.717, 1.165) is 27.1 Å². The Labute approximate surface area is 363 Å². The number of rotatable bonds is 12. The van der Waals surface area contributed by atoms with E-state index in [1.54, 1.807) is 24.3 Å². The van der Waals surface area contributed by atoms with E-state index in [0.29, 0.717) is 30.6 Å². The second-order valence-corrected chi connectivity index (χ2v) is 16.9. The molecule has 5 aromatic rings. The molecule has 2 aliphatic heterocycles. The van der Waals surface area contributed by atoms with E-state index in [2.05, 4.69) is 26.6 Å². The summed E-state index contributed by atoms with van der Waals surface area (Å²) < 4.78 is 5.78. The first-order chi connectivity index (χ1) is 30.0. The number of hydrogen-bond acceptors (Lipinski definition) is 8. The predicted octanol–water partition coefficient (Wildman–Crippen LogP) is 4.39. The van der Waals surface area contributed by atoms with Gasteiger partial charge in [-0.3, -0.25) is 28.8 Å². The number of carboxylic acid groups (broad SMARTS) is 1. The van der Waals surface area contributed by atoms with E-state index < -0.39 is 71.7 Å². The van der Waals surface area contributed by atoms with Crippen LogP contribution in [0.3, 0.4) is 0 Å². The molecule has 8 rings (SSSR count). The number of nitrogens with one attached hydrogen (secondary N) is 5. The molecule has 2 bridgehead atoms. The summed E-state index contributed by atoms with van der Waals surface area (Å²) >= 11 is 1.43. The Morgan fingerprint density at radius 1 is 0.677 bits per heavy atom. The first-order valence-electron chi connectivity index (χ1n) is 20.7. The molecule has 0 spiro atoms. The van der Waals surface area contributed by atoms with E-state index in [1.807, 2.05) is 102 Å². The zero-order valence-electron chi connectivity index (χ0n) is 34.0. The number of aliphatic carboxylic acids is 1. The quantitative estimate of drug-likeness (QED) is 0.0997. The van der Waals surface area contributed by atoms with E-state index in [4.69, 9.17) is 4.74 Å². The Morgan fingerprint density at radius 3 is 1.95 bits per heavy atom. The summed E-state index contributed by atoms with van der Waals surface area (Å²) in [5.74, 6) is -3.65. The van der Waals surface area contributed by atoms with Crippen LogP contribution in [0, 0.1) is 5.41 Å². The average Bonchev–Trinajstić information content (AvgIpc) is 3.92. The molecule has 6 N–H and O–H groups in total. The van der Waals surface area contributed by atoms with Gasteiger partial charge in [-0.2, -0.15) is 0 Å². The molecule has 3 heterocycles. The first-order valence-corrected chi connectivity index (χ1v) is 21.6. The molecule has 1 fully saturated rings. The van der Waals surface area contributed by atoms with Gasteiger partial charge in [0.25, 0.3) is 5.91 Å². The molecule has 4 atom stereocenters. The number of hydrogen-bond donors (Lipinski definition) is 6. The number of amides is 5. The molecule has 62 heavy (non-hydrogen) atoms. The summed E-state index contributed by atoms with van der Waals surface area (Å²) in [5, 5.41) is 25.8. The lowest BCUT2D eigenvalue weighted by molar-refractivity contribution is -0.143. The van der Waals surface area contributed by atoms with E-state index in [1.165, 1.54) is 11.3 Å². The number of fused-ring (bicyclic) bond motifs is 16. The second-order valence-electron chi connectivity index (χ2n) is 15.8. The average molecular weight is 856 g/mol. The lowest BCUT2D eigenvalue weighted by Gasteiger charge is -2.27. The van der Waals surface area contributed by atoms with Crippen molar-refractivity contribution in [3.8, 4) is 16.9 Å². The first kappa shape index (κ1) is 43.3. The monoisotopic (exact) mass is 855 g/mol. The maximum atomic E-state index is 14.6. The van der Waals surface area contributed by atoms with Crippen LogP contribution in [-0.4, -0.2) is 77.9 Å². The number of ether oxygens (including phenoxy) is 1. The second kappa shape index (κ2) is 20.2. The van der Waals surface area contributed by atoms with Crippen LogP contribution in [0.2, 0.25) is 0 Å². The predicted molar refractivity (Wildman–Crippen MR) is 234 cm³/mol. The zero-order valence-corrected chi connectivity index (χ0v) is 34.8. The Balaban J connectivity index is 1.21. The molecule has 13 nitrogen and oxygen atoms in total. The van der Waals surface area contributed by atoms with Crippen LogP contribution >= 0.6 is 11.3 Å². The van der Waals surface area contributed by atoms with Crippen LogP contribution in [0.4, 0.5) is 0 Å². The minimum absolute atomic E-state index is 0.0276. The fraction of sp³-hybridized carbons (Fsp3) is 0.292. The largest absolute Gasteiger partial charge is 0.484 e. The van der Waals surface area contributed by atoms with Gasteiger partial charge in [-0.25, -0.2) is 0 Å². The number of thiophene rings is 1. The van der Waals surface area contributed by atoms with Crippen LogP contribution in [-0.2, 0) is 54.5 Å². The Hall–Kier alpha value is -6.80. The lowest BCUT2D eigenvalue weighted by atomic mass is 9.99. The van der Waals surface area contributed by atoms with Gasteiger partial charge in [0.15, 0.2) is 6.61 Å². The van der Waals surface area contributed by atoms with E-state index in [-0.39, 0.29) is 32.2 Å². The summed E-state index contributed by atoms with van der Waals surface area (Å²) in [4.78, 5) is 83.2. The van der Waals surface area contributed by atoms with Gasteiger partial charge in [-0.05, 0) is 77.1 Å². The zero-order chi connectivity index (χ0) is 43.5. The van der Waals surface area contributed by atoms with Crippen molar-refractivity contribution in [1.29, 1.82) is 0 Å². The number of carboxylic acids is 1. The molecule has 14 heteroatoms. The molecule has 0 radical (unpaired) electrons. The van der Waals surface area contributed by atoms with Gasteiger partial charge < -0.3 is 36.4 Å². The van der Waals surface area contributed by atoms with Crippen LogP contribution in [0.25, 0.3) is 11.1 Å². The maximum Gasteiger partial charge on any atom is 0.311 e. The van der Waals surface area contributed by atoms with E-state index in [9.17, 15) is 33.9 Å². The van der Waals surface area contributed by atoms with Crippen molar-refractivity contribution in [1.82, 2.24) is 26.6 Å². The molecule has 4 aromatic carbocycles. The molecule has 0 unspecified atom stereocenters. The van der Waals surface area contributed by atoms with Crippen LogP contribution in [0.5, 0.6) is 5.75 Å². The maximum absolute atomic E-state index is 14.6. The van der Waals surface area contributed by atoms with Crippen molar-refractivity contribution in [2.45, 2.75) is 69.1 Å². The number of carbonyl (C=O) groups excluding carboxylic acids is 5. The summed E-state index contributed by atoms with van der Waals surface area (Å²) in [5.41, 5.74) is 3.23. The van der Waals surface area contributed by atoms with Gasteiger partial charge in [-0.15, -0.1) is 11.3 Å². The minimum atomic E-state index is -1.20. The fourth-order valence-electron chi connectivity index (χ4n) is 7.34. The number of benzene rings is 4. The van der Waals surface area contributed by atoms with Gasteiger partial charge in [0, 0.05) is 30.7 Å². The van der Waals surface area contributed by atoms with Gasteiger partial charge in [0.05, 0.1) is 5.41 Å². The Morgan fingerprint density at radius 2 is 1.31 bits per heavy atom. The highest BCUT2D eigenvalue weighted by atomic mass is 32.1. The summed E-state index contributed by atoms with van der Waals surface area (Å²) in [6, 6.07) is 32.7. The van der Waals surface area contributed by atoms with Gasteiger partial charge >= 0.3 is 5.97 Å². The third-order valence-electron chi connectivity index (χ3n) is 11.2. The van der Waals surface area contributed by atoms with Crippen molar-refractivity contribution in [3.05, 3.63) is 148 Å². The highest BCUT2D eigenvalue weighted by molar-refractivity contribution is 7.09. The molecule has 3 aliphatic rings. The van der Waals surface area contributed by atoms with Crippen LogP contribution in [0.1, 0.15) is 40.8 Å². The molecular weight excluding hydrogens is 807 g/mol. The fourth-order valence-corrected chi connectivity index (χ4v) is 8.09. The van der Waals surface area contributed by atoms with Crippen molar-refractivity contribution in [3.63, 3.8) is 0 Å². The molecule has 1 aliphatic carbocycles. The lowest BCUT2D eigenvalue weighted by Crippen LogP contribution is -2.59. The van der Waals surface area contributed by atoms with Gasteiger partial charge in [0.2, 0.25) is 23.6 Å². The summed E-state index contributed by atoms with van der Waals surface area (Å²) in [7, 11) is 0. The third kappa shape index (κ3) is 11.7. The highest BCUT2D eigenvalue weighted by Gasteiger charge is 2.50. The molecule has 1 saturated carbocycles. The number of carbonyl (C=O) groups is 6.